The molecule has 4 nitrogen and oxygen atoms in total. The van der Waals surface area contributed by atoms with Crippen molar-refractivity contribution < 1.29 is 9.90 Å². The van der Waals surface area contributed by atoms with Gasteiger partial charge in [-0.2, -0.15) is 0 Å². The molecule has 0 bridgehead atoms. The molecule has 0 aliphatic carbocycles. The Morgan fingerprint density at radius 1 is 1.42 bits per heavy atom. The Hall–Kier alpha value is -1.07. The van der Waals surface area contributed by atoms with E-state index in [1.807, 2.05) is 6.07 Å². The summed E-state index contributed by atoms with van der Waals surface area (Å²) in [5.41, 5.74) is 6.88. The number of aliphatic hydroxyl groups excluding tert-OH is 1. The quantitative estimate of drug-likeness (QED) is 0.820. The number of benzene rings is 1. The van der Waals surface area contributed by atoms with E-state index in [4.69, 9.17) is 5.73 Å². The molecule has 3 N–H and O–H groups in total. The highest BCUT2D eigenvalue weighted by molar-refractivity contribution is 9.10. The fourth-order valence-electron chi connectivity index (χ4n) is 2.50. The number of nitrogen functional groups attached to an aromatic ring is 1. The van der Waals surface area contributed by atoms with Crippen LogP contribution in [0.4, 0.5) is 5.69 Å². The summed E-state index contributed by atoms with van der Waals surface area (Å²) in [6.45, 7) is 0.704. The second-order valence-corrected chi connectivity index (χ2v) is 5.83. The van der Waals surface area contributed by atoms with Crippen molar-refractivity contribution in [3.8, 4) is 0 Å². The molecule has 1 amide bonds. The average Bonchev–Trinajstić information content (AvgIpc) is 2.65. The number of carbonyl (C=O) groups is 1. The SMILES string of the molecule is Nc1ccc(Br)cc1C(=O)N1CCCCCC1CO. The van der Waals surface area contributed by atoms with Crippen molar-refractivity contribution in [2.45, 2.75) is 31.7 Å². The number of nitrogens with zero attached hydrogens (tertiary/aromatic N) is 1. The predicted molar refractivity (Wildman–Crippen MR) is 78.9 cm³/mol. The van der Waals surface area contributed by atoms with Gasteiger partial charge in [0.1, 0.15) is 0 Å². The summed E-state index contributed by atoms with van der Waals surface area (Å²) in [6.07, 6.45) is 4.00. The Morgan fingerprint density at radius 2 is 2.21 bits per heavy atom. The highest BCUT2D eigenvalue weighted by atomic mass is 79.9. The van der Waals surface area contributed by atoms with Gasteiger partial charge < -0.3 is 15.7 Å². The third-order valence-corrected chi connectivity index (χ3v) is 4.09. The summed E-state index contributed by atoms with van der Waals surface area (Å²) < 4.78 is 0.834. The minimum Gasteiger partial charge on any atom is -0.398 e. The lowest BCUT2D eigenvalue weighted by atomic mass is 10.1. The summed E-state index contributed by atoms with van der Waals surface area (Å²) >= 11 is 3.36. The second-order valence-electron chi connectivity index (χ2n) is 4.92. The van der Waals surface area contributed by atoms with Gasteiger partial charge in [-0.3, -0.25) is 4.79 Å². The summed E-state index contributed by atoms with van der Waals surface area (Å²) in [5.74, 6) is -0.0836. The lowest BCUT2D eigenvalue weighted by Gasteiger charge is -2.29. The second kappa shape index (κ2) is 6.39. The monoisotopic (exact) mass is 326 g/mol. The fraction of sp³-hybridized carbons (Fsp3) is 0.500. The molecule has 1 aromatic carbocycles. The van der Waals surface area contributed by atoms with Crippen molar-refractivity contribution >= 4 is 27.5 Å². The number of rotatable bonds is 2. The molecule has 1 atom stereocenters. The highest BCUT2D eigenvalue weighted by Gasteiger charge is 2.26. The van der Waals surface area contributed by atoms with Crippen LogP contribution in [0.25, 0.3) is 0 Å². The van der Waals surface area contributed by atoms with Crippen molar-refractivity contribution in [3.63, 3.8) is 0 Å². The first-order chi connectivity index (χ1) is 9.13. The van der Waals surface area contributed by atoms with Gasteiger partial charge in [0.25, 0.3) is 5.91 Å². The minimum atomic E-state index is -0.0895. The molecule has 19 heavy (non-hydrogen) atoms. The Bertz CT molecular complexity index is 465. The molecule has 0 saturated carbocycles. The van der Waals surface area contributed by atoms with Gasteiger partial charge in [-0.05, 0) is 31.0 Å². The van der Waals surface area contributed by atoms with Crippen LogP contribution in [0.2, 0.25) is 0 Å². The molecule has 1 fully saturated rings. The molecule has 0 spiro atoms. The molecule has 1 aromatic rings. The van der Waals surface area contributed by atoms with E-state index in [9.17, 15) is 9.90 Å². The summed E-state index contributed by atoms with van der Waals surface area (Å²) in [4.78, 5) is 14.4. The summed E-state index contributed by atoms with van der Waals surface area (Å²) in [5, 5.41) is 9.47. The smallest absolute Gasteiger partial charge is 0.256 e. The van der Waals surface area contributed by atoms with Gasteiger partial charge in [0.05, 0.1) is 18.2 Å². The first kappa shape index (κ1) is 14.3. The van der Waals surface area contributed by atoms with Gasteiger partial charge in [0.15, 0.2) is 0 Å². The van der Waals surface area contributed by atoms with Crippen LogP contribution in [0.5, 0.6) is 0 Å². The third kappa shape index (κ3) is 3.28. The van der Waals surface area contributed by atoms with Gasteiger partial charge >= 0.3 is 0 Å². The van der Waals surface area contributed by atoms with E-state index in [2.05, 4.69) is 15.9 Å². The van der Waals surface area contributed by atoms with Gasteiger partial charge in [0, 0.05) is 16.7 Å². The van der Waals surface area contributed by atoms with Crippen molar-refractivity contribution in [2.24, 2.45) is 0 Å². The number of amides is 1. The van der Waals surface area contributed by atoms with E-state index in [0.29, 0.717) is 17.8 Å². The molecule has 104 valence electrons. The highest BCUT2D eigenvalue weighted by Crippen LogP contribution is 2.24. The molecule has 2 rings (SSSR count). The van der Waals surface area contributed by atoms with Gasteiger partial charge in [-0.25, -0.2) is 0 Å². The zero-order chi connectivity index (χ0) is 13.8. The number of anilines is 1. The van der Waals surface area contributed by atoms with E-state index in [-0.39, 0.29) is 18.6 Å². The maximum atomic E-state index is 12.6. The molecule has 1 unspecified atom stereocenters. The number of halogens is 1. The Morgan fingerprint density at radius 3 is 2.95 bits per heavy atom. The van der Waals surface area contributed by atoms with E-state index >= 15 is 0 Å². The average molecular weight is 327 g/mol. The van der Waals surface area contributed by atoms with Gasteiger partial charge in [0.2, 0.25) is 0 Å². The molecule has 0 aromatic heterocycles. The molecule has 1 aliphatic heterocycles. The van der Waals surface area contributed by atoms with Crippen LogP contribution >= 0.6 is 15.9 Å². The first-order valence-electron chi connectivity index (χ1n) is 6.60. The first-order valence-corrected chi connectivity index (χ1v) is 7.39. The number of hydrogen-bond donors (Lipinski definition) is 2. The van der Waals surface area contributed by atoms with Crippen molar-refractivity contribution in [1.29, 1.82) is 0 Å². The molecule has 5 heteroatoms. The van der Waals surface area contributed by atoms with Crippen LogP contribution in [-0.2, 0) is 0 Å². The molecule has 1 aliphatic rings. The zero-order valence-corrected chi connectivity index (χ0v) is 12.4. The van der Waals surface area contributed by atoms with Crippen LogP contribution in [0.15, 0.2) is 22.7 Å². The topological polar surface area (TPSA) is 66.6 Å². The van der Waals surface area contributed by atoms with Crippen LogP contribution in [0.1, 0.15) is 36.0 Å². The number of hydrogen-bond acceptors (Lipinski definition) is 3. The maximum absolute atomic E-state index is 12.6. The van der Waals surface area contributed by atoms with E-state index in [1.54, 1.807) is 17.0 Å². The molecule has 1 heterocycles. The Balaban J connectivity index is 2.27. The Labute approximate surface area is 121 Å². The van der Waals surface area contributed by atoms with Crippen LogP contribution in [-0.4, -0.2) is 35.1 Å². The molecular formula is C14H19BrN2O2. The normalized spacial score (nSPS) is 20.1. The molecular weight excluding hydrogens is 308 g/mol. The number of aliphatic hydroxyl groups is 1. The predicted octanol–water partition coefficient (Wildman–Crippen LogP) is 2.41. The van der Waals surface area contributed by atoms with Crippen molar-refractivity contribution in [2.75, 3.05) is 18.9 Å². The summed E-state index contributed by atoms with van der Waals surface area (Å²) in [6, 6.07) is 5.20. The number of nitrogens with two attached hydrogens (primary N) is 1. The minimum absolute atomic E-state index is 0.0135. The lowest BCUT2D eigenvalue weighted by molar-refractivity contribution is 0.0601. The molecule has 1 saturated heterocycles. The van der Waals surface area contributed by atoms with Crippen molar-refractivity contribution in [3.05, 3.63) is 28.2 Å². The summed E-state index contributed by atoms with van der Waals surface area (Å²) in [7, 11) is 0. The van der Waals surface area contributed by atoms with Gasteiger partial charge in [-0.1, -0.05) is 28.8 Å². The van der Waals surface area contributed by atoms with Crippen LogP contribution in [0, 0.1) is 0 Å². The third-order valence-electron chi connectivity index (χ3n) is 3.59. The van der Waals surface area contributed by atoms with E-state index in [1.165, 1.54) is 0 Å². The van der Waals surface area contributed by atoms with Gasteiger partial charge in [-0.15, -0.1) is 0 Å². The largest absolute Gasteiger partial charge is 0.398 e. The van der Waals surface area contributed by atoms with Crippen molar-refractivity contribution in [1.82, 2.24) is 4.90 Å². The van der Waals surface area contributed by atoms with E-state index < -0.39 is 0 Å². The fourth-order valence-corrected chi connectivity index (χ4v) is 2.86. The molecule has 0 radical (unpaired) electrons. The number of likely N-dealkylation sites (tertiary alicyclic amines) is 1. The van der Waals surface area contributed by atoms with Crippen LogP contribution in [0.3, 0.4) is 0 Å². The number of carbonyl (C=O) groups excluding carboxylic acids is 1. The van der Waals surface area contributed by atoms with E-state index in [0.717, 1.165) is 30.2 Å². The zero-order valence-electron chi connectivity index (χ0n) is 10.8. The standard InChI is InChI=1S/C14H19BrN2O2/c15-10-5-6-13(16)12(8-10)14(19)17-7-3-1-2-4-11(17)9-18/h5-6,8,11,18H,1-4,7,9,16H2. The lowest BCUT2D eigenvalue weighted by Crippen LogP contribution is -2.42. The Kier molecular flexibility index (Phi) is 4.82. The van der Waals surface area contributed by atoms with Crippen LogP contribution < -0.4 is 5.73 Å². The maximum Gasteiger partial charge on any atom is 0.256 e.